The van der Waals surface area contributed by atoms with Gasteiger partial charge in [-0.15, -0.1) is 11.3 Å². The first-order valence-electron chi connectivity index (χ1n) is 19.6. The van der Waals surface area contributed by atoms with Crippen molar-refractivity contribution in [2.24, 2.45) is 5.41 Å². The molecule has 15 heteroatoms. The average molecular weight is 805 g/mol. The molecule has 0 spiro atoms. The number of aryl methyl sites for hydroxylation is 1. The summed E-state index contributed by atoms with van der Waals surface area (Å²) in [5.41, 5.74) is 9.55. The number of hydrogen-bond acceptors (Lipinski definition) is 11. The molecular formula is C41H56N8O5S2. The van der Waals surface area contributed by atoms with Gasteiger partial charge in [0.15, 0.2) is 0 Å². The van der Waals surface area contributed by atoms with Gasteiger partial charge in [0, 0.05) is 91.9 Å². The van der Waals surface area contributed by atoms with Crippen molar-refractivity contribution in [2.45, 2.75) is 84.5 Å². The van der Waals surface area contributed by atoms with Gasteiger partial charge in [-0.3, -0.25) is 19.6 Å². The summed E-state index contributed by atoms with van der Waals surface area (Å²) >= 11 is 1.48. The van der Waals surface area contributed by atoms with E-state index in [1.165, 1.54) is 22.6 Å². The average Bonchev–Trinajstić information content (AvgIpc) is 3.77. The van der Waals surface area contributed by atoms with Gasteiger partial charge in [0.1, 0.15) is 11.6 Å². The Labute approximate surface area is 336 Å². The van der Waals surface area contributed by atoms with E-state index in [4.69, 9.17) is 19.4 Å². The molecule has 2 fully saturated rings. The third-order valence-corrected chi connectivity index (χ3v) is 13.0. The number of esters is 1. The normalized spacial score (nSPS) is 23.5. The van der Waals surface area contributed by atoms with Crippen molar-refractivity contribution in [3.8, 4) is 22.5 Å². The van der Waals surface area contributed by atoms with Crippen LogP contribution in [0.3, 0.4) is 0 Å². The number of pyridine rings is 1. The topological polar surface area (TPSA) is 134 Å². The Morgan fingerprint density at radius 3 is 2.61 bits per heavy atom. The van der Waals surface area contributed by atoms with Crippen molar-refractivity contribution < 1.29 is 23.3 Å². The van der Waals surface area contributed by atoms with Crippen molar-refractivity contribution in [3.05, 3.63) is 52.1 Å². The van der Waals surface area contributed by atoms with Gasteiger partial charge in [-0.05, 0) is 70.8 Å². The Hall–Kier alpha value is -3.73. The third-order valence-electron chi connectivity index (χ3n) is 11.4. The van der Waals surface area contributed by atoms with E-state index in [1.54, 1.807) is 14.0 Å². The molecule has 0 aliphatic carbocycles. The van der Waals surface area contributed by atoms with Gasteiger partial charge in [0.25, 0.3) is 5.91 Å². The molecule has 6 heterocycles. The number of methoxy groups -OCH3 is 1. The first-order valence-corrected chi connectivity index (χ1v) is 22.1. The van der Waals surface area contributed by atoms with E-state index in [1.807, 2.05) is 18.5 Å². The van der Waals surface area contributed by atoms with Crippen molar-refractivity contribution >= 4 is 50.8 Å². The Kier molecular flexibility index (Phi) is 11.7. The number of rotatable bonds is 7. The third kappa shape index (κ3) is 8.16. The molecule has 0 radical (unpaired) electrons. The number of nitrogens with one attached hydrogen (secondary N) is 2. The van der Waals surface area contributed by atoms with Gasteiger partial charge in [0.05, 0.1) is 57.7 Å². The van der Waals surface area contributed by atoms with Crippen LogP contribution in [0.5, 0.6) is 0 Å². The number of ether oxygens (including phenoxy) is 2. The van der Waals surface area contributed by atoms with Gasteiger partial charge >= 0.3 is 5.97 Å². The molecule has 3 aliphatic heterocycles. The van der Waals surface area contributed by atoms with Crippen LogP contribution in [-0.4, -0.2) is 112 Å². The van der Waals surface area contributed by atoms with Crippen molar-refractivity contribution in [2.75, 3.05) is 64.6 Å². The molecule has 302 valence electrons. The van der Waals surface area contributed by atoms with Gasteiger partial charge < -0.3 is 23.8 Å². The number of amides is 1. The van der Waals surface area contributed by atoms with Gasteiger partial charge in [-0.25, -0.2) is 19.3 Å². The lowest BCUT2D eigenvalue weighted by Crippen LogP contribution is -2.64. The first-order chi connectivity index (χ1) is 26.7. The molecule has 3 aromatic heterocycles. The summed E-state index contributed by atoms with van der Waals surface area (Å²) in [6, 6.07) is 8.13. The van der Waals surface area contributed by atoms with Gasteiger partial charge in [-0.2, -0.15) is 0 Å². The van der Waals surface area contributed by atoms with E-state index >= 15 is 0 Å². The standard InChI is InChI=1S/C41H56N8O5S2/c1-9-48-34-13-12-27-19-29(34)31(37(48)30-20-28(23-42-36(30)26(2)53-7)47-17-15-46(6)16-18-47)21-40(3,4)25-54-38(50)32-11-10-14-49(44-32)39(51)41(5,45-56(8)52)22-35-43-33(27)24-55-35/h12-13,19-20,23-24,26,32,44-45H,9-11,14-18,21-22,25H2,1-8H3/t26-,32-,41-,56?/m0/s1. The minimum absolute atomic E-state index is 0.181. The van der Waals surface area contributed by atoms with E-state index in [0.717, 1.165) is 88.1 Å². The molecule has 4 atom stereocenters. The minimum atomic E-state index is -1.49. The van der Waals surface area contributed by atoms with Crippen LogP contribution in [0.1, 0.15) is 69.8 Å². The lowest BCUT2D eigenvalue weighted by Gasteiger charge is -2.38. The monoisotopic (exact) mass is 804 g/mol. The molecule has 4 aromatic rings. The highest BCUT2D eigenvalue weighted by molar-refractivity contribution is 7.82. The Balaban J connectivity index is 1.41. The fraction of sp³-hybridized carbons (Fsp3) is 0.561. The van der Waals surface area contributed by atoms with Crippen LogP contribution in [-0.2, 0) is 49.4 Å². The number of cyclic esters (lactones) is 1. The van der Waals surface area contributed by atoms with E-state index in [2.05, 4.69) is 76.6 Å². The predicted molar refractivity (Wildman–Crippen MR) is 223 cm³/mol. The SMILES string of the molecule is CCn1c(-c2cc(N3CCN(C)CC3)cnc2[C@H](C)OC)c2c3cc(ccc31)-c1csc(n1)C[C@](C)(NS(C)=O)C(=O)N1CCC[C@H](N1)C(=O)OCC(C)(C)C2. The van der Waals surface area contributed by atoms with Crippen LogP contribution in [0.2, 0.25) is 0 Å². The van der Waals surface area contributed by atoms with Crippen molar-refractivity contribution in [3.63, 3.8) is 0 Å². The summed E-state index contributed by atoms with van der Waals surface area (Å²) in [5.74, 6) is -0.690. The Morgan fingerprint density at radius 1 is 1.12 bits per heavy atom. The second-order valence-electron chi connectivity index (χ2n) is 16.5. The second kappa shape index (κ2) is 16.3. The molecule has 1 aromatic carbocycles. The molecular weight excluding hydrogens is 749 g/mol. The summed E-state index contributed by atoms with van der Waals surface area (Å²) in [6.45, 7) is 15.4. The Bertz CT molecular complexity index is 2130. The van der Waals surface area contributed by atoms with Crippen LogP contribution >= 0.6 is 11.3 Å². The Morgan fingerprint density at radius 2 is 1.89 bits per heavy atom. The van der Waals surface area contributed by atoms with E-state index in [-0.39, 0.29) is 25.0 Å². The lowest BCUT2D eigenvalue weighted by molar-refractivity contribution is -0.156. The van der Waals surface area contributed by atoms with E-state index in [9.17, 15) is 13.8 Å². The molecule has 3 aliphatic rings. The highest BCUT2D eigenvalue weighted by atomic mass is 32.2. The summed E-state index contributed by atoms with van der Waals surface area (Å²) in [6.07, 6.45) is 5.25. The van der Waals surface area contributed by atoms with Crippen LogP contribution in [0.4, 0.5) is 5.69 Å². The van der Waals surface area contributed by atoms with Crippen molar-refractivity contribution in [1.29, 1.82) is 0 Å². The molecule has 1 amide bonds. The molecule has 6 bridgehead atoms. The van der Waals surface area contributed by atoms with Crippen molar-refractivity contribution in [1.82, 2.24) is 34.6 Å². The fourth-order valence-corrected chi connectivity index (χ4v) is 10.1. The number of carbonyl (C=O) groups is 2. The lowest BCUT2D eigenvalue weighted by atomic mass is 9.84. The number of fused-ring (bicyclic) bond motifs is 6. The number of thiazole rings is 1. The molecule has 2 saturated heterocycles. The zero-order chi connectivity index (χ0) is 39.9. The molecule has 2 N–H and O–H groups in total. The first kappa shape index (κ1) is 40.5. The van der Waals surface area contributed by atoms with Crippen LogP contribution in [0.15, 0.2) is 35.8 Å². The highest BCUT2D eigenvalue weighted by Gasteiger charge is 2.42. The zero-order valence-corrected chi connectivity index (χ0v) is 35.6. The number of piperazine rings is 1. The van der Waals surface area contributed by atoms with Crippen LogP contribution in [0, 0.1) is 5.41 Å². The molecule has 0 saturated carbocycles. The number of hydrogen-bond donors (Lipinski definition) is 2. The number of hydrazine groups is 1. The van der Waals surface area contributed by atoms with Gasteiger partial charge in [-0.1, -0.05) is 19.9 Å². The summed E-state index contributed by atoms with van der Waals surface area (Å²) in [5, 5.41) is 5.36. The molecule has 7 rings (SSSR count). The van der Waals surface area contributed by atoms with E-state index < -0.39 is 34.0 Å². The summed E-state index contributed by atoms with van der Waals surface area (Å²) in [7, 11) is 2.40. The molecule has 1 unspecified atom stereocenters. The number of nitrogens with zero attached hydrogens (tertiary/aromatic N) is 6. The van der Waals surface area contributed by atoms with Gasteiger partial charge in [0.2, 0.25) is 0 Å². The van der Waals surface area contributed by atoms with Crippen LogP contribution < -0.4 is 15.0 Å². The maximum absolute atomic E-state index is 14.1. The number of aromatic nitrogens is 3. The number of carbonyl (C=O) groups excluding carboxylic acids is 2. The predicted octanol–water partition coefficient (Wildman–Crippen LogP) is 5.11. The smallest absolute Gasteiger partial charge is 0.324 e. The minimum Gasteiger partial charge on any atom is -0.464 e. The summed E-state index contributed by atoms with van der Waals surface area (Å²) in [4.78, 5) is 42.8. The zero-order valence-electron chi connectivity index (χ0n) is 33.9. The maximum atomic E-state index is 14.1. The molecule has 56 heavy (non-hydrogen) atoms. The fourth-order valence-electron chi connectivity index (χ4n) is 8.32. The number of likely N-dealkylation sites (N-methyl/N-ethyl adjacent to an activating group) is 1. The number of benzene rings is 1. The van der Waals surface area contributed by atoms with Crippen LogP contribution in [0.25, 0.3) is 33.4 Å². The largest absolute Gasteiger partial charge is 0.464 e. The number of anilines is 1. The summed E-state index contributed by atoms with van der Waals surface area (Å²) < 4.78 is 30.0. The highest BCUT2D eigenvalue weighted by Crippen LogP contribution is 2.43. The second-order valence-corrected chi connectivity index (χ2v) is 18.6. The molecule has 13 nitrogen and oxygen atoms in total. The van der Waals surface area contributed by atoms with E-state index in [0.29, 0.717) is 25.8 Å². The maximum Gasteiger partial charge on any atom is 0.324 e. The quantitative estimate of drug-likeness (QED) is 0.243.